The minimum Gasteiger partial charge on any atom is -0.497 e. The quantitative estimate of drug-likeness (QED) is 0.461. The normalized spacial score (nSPS) is 14.8. The second-order valence-corrected chi connectivity index (χ2v) is 9.32. The van der Waals surface area contributed by atoms with Gasteiger partial charge in [-0.15, -0.1) is 0 Å². The van der Waals surface area contributed by atoms with Crippen LogP contribution in [0.1, 0.15) is 43.0 Å². The lowest BCUT2D eigenvalue weighted by atomic mass is 9.87. The van der Waals surface area contributed by atoms with Crippen LogP contribution in [0.25, 0.3) is 0 Å². The summed E-state index contributed by atoms with van der Waals surface area (Å²) in [7, 11) is 1.58. The van der Waals surface area contributed by atoms with Crippen LogP contribution in [-0.2, 0) is 16.0 Å². The first kappa shape index (κ1) is 25.2. The molecule has 1 aliphatic rings. The summed E-state index contributed by atoms with van der Waals surface area (Å²) in [6.45, 7) is 4.40. The van der Waals surface area contributed by atoms with Crippen LogP contribution in [0.2, 0.25) is 0 Å². The topological polar surface area (TPSA) is 67.9 Å². The molecule has 7 heteroatoms. The molecule has 1 heterocycles. The summed E-state index contributed by atoms with van der Waals surface area (Å²) < 4.78 is 25.1. The Hall–Kier alpha value is -3.87. The Balaban J connectivity index is 1.54. The van der Waals surface area contributed by atoms with Gasteiger partial charge in [0, 0.05) is 18.7 Å². The number of fused-ring (bicyclic) bond motifs is 1. The molecule has 1 aliphatic heterocycles. The molecule has 0 saturated heterocycles. The van der Waals surface area contributed by atoms with Crippen molar-refractivity contribution >= 4 is 17.5 Å². The molecule has 1 N–H and O–H groups in total. The molecule has 36 heavy (non-hydrogen) atoms. The van der Waals surface area contributed by atoms with E-state index >= 15 is 0 Å². The van der Waals surface area contributed by atoms with Gasteiger partial charge in [0.25, 0.3) is 5.91 Å². The Bertz CT molecular complexity index is 1230. The zero-order valence-corrected chi connectivity index (χ0v) is 20.8. The second-order valence-electron chi connectivity index (χ2n) is 9.32. The first-order valence-corrected chi connectivity index (χ1v) is 12.1. The van der Waals surface area contributed by atoms with E-state index in [4.69, 9.17) is 9.47 Å². The van der Waals surface area contributed by atoms with E-state index in [1.165, 1.54) is 12.1 Å². The fraction of sp³-hybridized carbons (Fsp3) is 0.310. The number of amides is 2. The summed E-state index contributed by atoms with van der Waals surface area (Å²) in [5.41, 5.74) is 3.31. The molecule has 188 valence electrons. The van der Waals surface area contributed by atoms with Crippen molar-refractivity contribution in [2.24, 2.45) is 5.92 Å². The second kappa shape index (κ2) is 11.2. The third-order valence-corrected chi connectivity index (χ3v) is 6.16. The van der Waals surface area contributed by atoms with E-state index < -0.39 is 6.04 Å². The van der Waals surface area contributed by atoms with E-state index in [1.54, 1.807) is 37.4 Å². The Morgan fingerprint density at radius 2 is 1.81 bits per heavy atom. The van der Waals surface area contributed by atoms with Crippen LogP contribution < -0.4 is 14.8 Å². The molecule has 2 amide bonds. The number of ether oxygens (including phenoxy) is 2. The summed E-state index contributed by atoms with van der Waals surface area (Å²) in [5, 5.41) is 2.79. The number of nitrogens with zero attached hydrogens (tertiary/aromatic N) is 1. The fourth-order valence-electron chi connectivity index (χ4n) is 4.47. The summed E-state index contributed by atoms with van der Waals surface area (Å²) >= 11 is 0. The maximum absolute atomic E-state index is 14.2. The van der Waals surface area contributed by atoms with E-state index in [-0.39, 0.29) is 30.2 Å². The number of rotatable bonds is 8. The SMILES string of the molecule is COc1ccc(NC(=O)COc2ccc3c(c2)[C@H](c2cccc(F)c2)N(C(=O)CC(C)C)CC3)cc1. The molecule has 0 aromatic heterocycles. The number of hydrogen-bond acceptors (Lipinski definition) is 4. The van der Waals surface area contributed by atoms with E-state index in [0.29, 0.717) is 42.1 Å². The highest BCUT2D eigenvalue weighted by Crippen LogP contribution is 2.38. The lowest BCUT2D eigenvalue weighted by molar-refractivity contribution is -0.134. The van der Waals surface area contributed by atoms with Gasteiger partial charge in [-0.25, -0.2) is 4.39 Å². The van der Waals surface area contributed by atoms with Gasteiger partial charge in [-0.05, 0) is 77.6 Å². The summed E-state index contributed by atoms with van der Waals surface area (Å²) in [6, 6.07) is 18.6. The van der Waals surface area contributed by atoms with Gasteiger partial charge in [0.05, 0.1) is 13.2 Å². The number of nitrogens with one attached hydrogen (secondary N) is 1. The summed E-state index contributed by atoms with van der Waals surface area (Å²) in [4.78, 5) is 27.4. The average molecular weight is 491 g/mol. The Morgan fingerprint density at radius 1 is 1.06 bits per heavy atom. The first-order chi connectivity index (χ1) is 17.3. The van der Waals surface area contributed by atoms with Crippen LogP contribution in [0.3, 0.4) is 0 Å². The van der Waals surface area contributed by atoms with Gasteiger partial charge >= 0.3 is 0 Å². The average Bonchev–Trinajstić information content (AvgIpc) is 2.86. The number of carbonyl (C=O) groups is 2. The van der Waals surface area contributed by atoms with Crippen molar-refractivity contribution < 1.29 is 23.5 Å². The predicted molar refractivity (Wildman–Crippen MR) is 137 cm³/mol. The largest absolute Gasteiger partial charge is 0.497 e. The number of halogens is 1. The van der Waals surface area contributed by atoms with E-state index in [0.717, 1.165) is 11.1 Å². The molecular weight excluding hydrogens is 459 g/mol. The molecule has 0 spiro atoms. The monoisotopic (exact) mass is 490 g/mol. The van der Waals surface area contributed by atoms with Crippen LogP contribution in [0.15, 0.2) is 66.7 Å². The van der Waals surface area contributed by atoms with E-state index in [1.807, 2.05) is 43.0 Å². The van der Waals surface area contributed by atoms with Crippen molar-refractivity contribution in [2.75, 3.05) is 25.6 Å². The molecule has 0 saturated carbocycles. The minimum absolute atomic E-state index is 0.0371. The molecule has 1 atom stereocenters. The number of anilines is 1. The van der Waals surface area contributed by atoms with Crippen molar-refractivity contribution in [3.05, 3.63) is 89.2 Å². The van der Waals surface area contributed by atoms with Crippen LogP contribution in [0.5, 0.6) is 11.5 Å². The lowest BCUT2D eigenvalue weighted by Crippen LogP contribution is -2.41. The van der Waals surface area contributed by atoms with Crippen LogP contribution >= 0.6 is 0 Å². The molecule has 0 radical (unpaired) electrons. The smallest absolute Gasteiger partial charge is 0.262 e. The molecule has 0 fully saturated rings. The van der Waals surface area contributed by atoms with Crippen LogP contribution in [-0.4, -0.2) is 37.0 Å². The Labute approximate surface area is 211 Å². The third-order valence-electron chi connectivity index (χ3n) is 6.16. The van der Waals surface area contributed by atoms with Gasteiger partial charge in [0.15, 0.2) is 6.61 Å². The van der Waals surface area contributed by atoms with Crippen molar-refractivity contribution in [1.29, 1.82) is 0 Å². The Morgan fingerprint density at radius 3 is 2.50 bits per heavy atom. The fourth-order valence-corrected chi connectivity index (χ4v) is 4.47. The molecule has 0 unspecified atom stereocenters. The van der Waals surface area contributed by atoms with E-state index in [9.17, 15) is 14.0 Å². The third kappa shape index (κ3) is 6.03. The minimum atomic E-state index is -0.424. The van der Waals surface area contributed by atoms with Crippen molar-refractivity contribution in [3.8, 4) is 11.5 Å². The highest BCUT2D eigenvalue weighted by atomic mass is 19.1. The molecular formula is C29H31FN2O4. The highest BCUT2D eigenvalue weighted by molar-refractivity contribution is 5.91. The molecule has 3 aromatic rings. The number of benzene rings is 3. The summed E-state index contributed by atoms with van der Waals surface area (Å²) in [5.74, 6) is 0.818. The van der Waals surface area contributed by atoms with Crippen LogP contribution in [0.4, 0.5) is 10.1 Å². The molecule has 0 bridgehead atoms. The van der Waals surface area contributed by atoms with Gasteiger partial charge in [-0.3, -0.25) is 9.59 Å². The van der Waals surface area contributed by atoms with Gasteiger partial charge in [0.2, 0.25) is 5.91 Å². The zero-order valence-electron chi connectivity index (χ0n) is 20.8. The number of hydrogen-bond donors (Lipinski definition) is 1. The highest BCUT2D eigenvalue weighted by Gasteiger charge is 2.32. The summed E-state index contributed by atoms with van der Waals surface area (Å²) in [6.07, 6.45) is 1.12. The molecule has 4 rings (SSSR count). The standard InChI is InChI=1S/C29H31FN2O4/c1-19(2)15-28(34)32-14-13-20-7-10-25(17-26(20)29(32)21-5-4-6-22(30)16-21)36-18-27(33)31-23-8-11-24(35-3)12-9-23/h4-12,16-17,19,29H,13-15,18H2,1-3H3,(H,31,33)/t29-/m0/s1. The zero-order chi connectivity index (χ0) is 25.7. The number of methoxy groups -OCH3 is 1. The van der Waals surface area contributed by atoms with Crippen molar-refractivity contribution in [1.82, 2.24) is 4.90 Å². The lowest BCUT2D eigenvalue weighted by Gasteiger charge is -2.38. The van der Waals surface area contributed by atoms with Gasteiger partial charge < -0.3 is 19.7 Å². The van der Waals surface area contributed by atoms with E-state index in [2.05, 4.69) is 5.32 Å². The maximum atomic E-state index is 14.2. The van der Waals surface area contributed by atoms with Crippen molar-refractivity contribution in [2.45, 2.75) is 32.7 Å². The Kier molecular flexibility index (Phi) is 7.88. The van der Waals surface area contributed by atoms with Crippen molar-refractivity contribution in [3.63, 3.8) is 0 Å². The molecule has 0 aliphatic carbocycles. The first-order valence-electron chi connectivity index (χ1n) is 12.1. The maximum Gasteiger partial charge on any atom is 0.262 e. The number of carbonyl (C=O) groups excluding carboxylic acids is 2. The van der Waals surface area contributed by atoms with Gasteiger partial charge in [-0.2, -0.15) is 0 Å². The molecule has 3 aromatic carbocycles. The molecule has 6 nitrogen and oxygen atoms in total. The van der Waals surface area contributed by atoms with Crippen LogP contribution in [0, 0.1) is 11.7 Å². The van der Waals surface area contributed by atoms with Gasteiger partial charge in [-0.1, -0.05) is 32.0 Å². The van der Waals surface area contributed by atoms with Gasteiger partial charge in [0.1, 0.15) is 17.3 Å². The predicted octanol–water partition coefficient (Wildman–Crippen LogP) is 5.37.